The van der Waals surface area contributed by atoms with Gasteiger partial charge in [0.25, 0.3) is 0 Å². The van der Waals surface area contributed by atoms with Crippen molar-refractivity contribution in [3.05, 3.63) is 68.8 Å². The first kappa shape index (κ1) is 15.3. The normalized spacial score (nSPS) is 13.2. The molecule has 2 rings (SSSR count). The van der Waals surface area contributed by atoms with Crippen LogP contribution in [-0.2, 0) is 12.6 Å². The lowest BCUT2D eigenvalue weighted by atomic mass is 9.99. The van der Waals surface area contributed by atoms with E-state index in [0.717, 1.165) is 21.3 Å². The molecule has 0 bridgehead atoms. The van der Waals surface area contributed by atoms with Crippen LogP contribution in [0.3, 0.4) is 0 Å². The summed E-state index contributed by atoms with van der Waals surface area (Å²) in [6, 6.07) is 12.6. The van der Waals surface area contributed by atoms with Gasteiger partial charge in [-0.3, -0.25) is 0 Å². The highest BCUT2D eigenvalue weighted by Gasteiger charge is 2.30. The summed E-state index contributed by atoms with van der Waals surface area (Å²) in [7, 11) is 0. The second-order valence-electron chi connectivity index (χ2n) is 4.56. The molecule has 0 saturated heterocycles. The van der Waals surface area contributed by atoms with Gasteiger partial charge in [0.05, 0.1) is 5.56 Å². The Bertz CT molecular complexity index is 561. The molecule has 1 nitrogen and oxygen atoms in total. The van der Waals surface area contributed by atoms with Gasteiger partial charge in [0, 0.05) is 9.61 Å². The third kappa shape index (κ3) is 3.96. The third-order valence-corrected chi connectivity index (χ3v) is 3.75. The molecule has 2 aromatic carbocycles. The van der Waals surface area contributed by atoms with Crippen molar-refractivity contribution < 1.29 is 13.2 Å². The highest BCUT2D eigenvalue weighted by molar-refractivity contribution is 14.1. The smallest absolute Gasteiger partial charge is 0.324 e. The molecule has 0 fully saturated rings. The van der Waals surface area contributed by atoms with E-state index < -0.39 is 11.7 Å². The van der Waals surface area contributed by atoms with Crippen LogP contribution in [0.25, 0.3) is 0 Å². The molecule has 2 aromatic rings. The first-order valence-corrected chi connectivity index (χ1v) is 7.11. The van der Waals surface area contributed by atoms with Gasteiger partial charge in [-0.1, -0.05) is 24.3 Å². The van der Waals surface area contributed by atoms with E-state index >= 15 is 0 Å². The predicted molar refractivity (Wildman–Crippen MR) is 81.2 cm³/mol. The fourth-order valence-corrected chi connectivity index (χ4v) is 2.27. The molecule has 106 valence electrons. The number of hydrogen-bond acceptors (Lipinski definition) is 1. The second kappa shape index (κ2) is 6.13. The standard InChI is InChI=1S/C15H13F3IN/c16-15(17,18)12-5-3-11(4-6-12)14(20)9-10-1-7-13(19)8-2-10/h1-8,14H,9,20H2. The summed E-state index contributed by atoms with van der Waals surface area (Å²) in [6.07, 6.45) is -3.71. The van der Waals surface area contributed by atoms with Crippen molar-refractivity contribution in [1.82, 2.24) is 0 Å². The molecule has 2 N–H and O–H groups in total. The summed E-state index contributed by atoms with van der Waals surface area (Å²) in [4.78, 5) is 0. The molecule has 0 aliphatic heterocycles. The Labute approximate surface area is 129 Å². The van der Waals surface area contributed by atoms with Gasteiger partial charge >= 0.3 is 6.18 Å². The summed E-state index contributed by atoms with van der Waals surface area (Å²) in [6.45, 7) is 0. The minimum Gasteiger partial charge on any atom is -0.324 e. The van der Waals surface area contributed by atoms with Crippen LogP contribution in [0.2, 0.25) is 0 Å². The maximum Gasteiger partial charge on any atom is 0.416 e. The molecule has 0 aliphatic carbocycles. The van der Waals surface area contributed by atoms with Crippen LogP contribution in [0, 0.1) is 3.57 Å². The van der Waals surface area contributed by atoms with Crippen molar-refractivity contribution in [2.75, 3.05) is 0 Å². The van der Waals surface area contributed by atoms with Gasteiger partial charge in [-0.15, -0.1) is 0 Å². The summed E-state index contributed by atoms with van der Waals surface area (Å²) in [5, 5.41) is 0. The minimum atomic E-state index is -4.31. The number of nitrogens with two attached hydrogens (primary N) is 1. The molecule has 0 spiro atoms. The molecule has 0 saturated carbocycles. The van der Waals surface area contributed by atoms with Gasteiger partial charge in [-0.05, 0) is 64.4 Å². The molecular weight excluding hydrogens is 378 g/mol. The molecule has 0 aliphatic rings. The largest absolute Gasteiger partial charge is 0.416 e. The lowest BCUT2D eigenvalue weighted by molar-refractivity contribution is -0.137. The Morgan fingerprint density at radius 2 is 1.50 bits per heavy atom. The fraction of sp³-hybridized carbons (Fsp3) is 0.200. The Morgan fingerprint density at radius 1 is 0.950 bits per heavy atom. The number of rotatable bonds is 3. The first-order valence-electron chi connectivity index (χ1n) is 6.03. The lowest BCUT2D eigenvalue weighted by Gasteiger charge is -2.14. The molecule has 5 heteroatoms. The Hall–Kier alpha value is -1.08. The zero-order valence-electron chi connectivity index (χ0n) is 10.5. The van der Waals surface area contributed by atoms with Crippen molar-refractivity contribution in [2.45, 2.75) is 18.6 Å². The van der Waals surface area contributed by atoms with Crippen LogP contribution in [-0.4, -0.2) is 0 Å². The average molecular weight is 391 g/mol. The zero-order chi connectivity index (χ0) is 14.8. The first-order chi connectivity index (χ1) is 9.36. The van der Waals surface area contributed by atoms with Crippen molar-refractivity contribution in [3.8, 4) is 0 Å². The van der Waals surface area contributed by atoms with Gasteiger partial charge in [-0.2, -0.15) is 13.2 Å². The molecule has 0 radical (unpaired) electrons. The predicted octanol–water partition coefficient (Wildman–Crippen LogP) is 4.55. The minimum absolute atomic E-state index is 0.308. The van der Waals surface area contributed by atoms with Crippen molar-refractivity contribution >= 4 is 22.6 Å². The molecular formula is C15H13F3IN. The summed E-state index contributed by atoms with van der Waals surface area (Å²) < 4.78 is 38.6. The highest BCUT2D eigenvalue weighted by Crippen LogP contribution is 2.30. The number of hydrogen-bond donors (Lipinski definition) is 1. The highest BCUT2D eigenvalue weighted by atomic mass is 127. The maximum atomic E-state index is 12.5. The van der Waals surface area contributed by atoms with E-state index in [1.54, 1.807) is 0 Å². The molecule has 0 heterocycles. The molecule has 1 unspecified atom stereocenters. The zero-order valence-corrected chi connectivity index (χ0v) is 12.6. The summed E-state index contributed by atoms with van der Waals surface area (Å²) in [5.41, 5.74) is 7.16. The second-order valence-corrected chi connectivity index (χ2v) is 5.80. The Morgan fingerprint density at radius 3 is 2.00 bits per heavy atom. The van der Waals surface area contributed by atoms with E-state index in [9.17, 15) is 13.2 Å². The van der Waals surface area contributed by atoms with E-state index in [-0.39, 0.29) is 6.04 Å². The van der Waals surface area contributed by atoms with Gasteiger partial charge < -0.3 is 5.73 Å². The van der Waals surface area contributed by atoms with Gasteiger partial charge in [0.15, 0.2) is 0 Å². The van der Waals surface area contributed by atoms with E-state index in [2.05, 4.69) is 22.6 Å². The Kier molecular flexibility index (Phi) is 4.70. The average Bonchev–Trinajstić information content (AvgIpc) is 2.40. The van der Waals surface area contributed by atoms with Crippen LogP contribution in [0.5, 0.6) is 0 Å². The van der Waals surface area contributed by atoms with Crippen LogP contribution in [0.1, 0.15) is 22.7 Å². The number of alkyl halides is 3. The summed E-state index contributed by atoms with van der Waals surface area (Å²) >= 11 is 2.21. The molecule has 20 heavy (non-hydrogen) atoms. The van der Waals surface area contributed by atoms with Crippen molar-refractivity contribution in [1.29, 1.82) is 0 Å². The van der Waals surface area contributed by atoms with Gasteiger partial charge in [0.2, 0.25) is 0 Å². The van der Waals surface area contributed by atoms with Crippen LogP contribution >= 0.6 is 22.6 Å². The van der Waals surface area contributed by atoms with Gasteiger partial charge in [0.1, 0.15) is 0 Å². The van der Waals surface area contributed by atoms with Crippen LogP contribution < -0.4 is 5.73 Å². The number of halogens is 4. The van der Waals surface area contributed by atoms with Crippen LogP contribution in [0.4, 0.5) is 13.2 Å². The van der Waals surface area contributed by atoms with E-state index in [1.165, 1.54) is 12.1 Å². The van der Waals surface area contributed by atoms with Crippen molar-refractivity contribution in [2.24, 2.45) is 5.73 Å². The summed E-state index contributed by atoms with van der Waals surface area (Å²) in [5.74, 6) is 0. The van der Waals surface area contributed by atoms with Crippen molar-refractivity contribution in [3.63, 3.8) is 0 Å². The quantitative estimate of drug-likeness (QED) is 0.764. The fourth-order valence-electron chi connectivity index (χ4n) is 1.91. The van der Waals surface area contributed by atoms with E-state index in [1.807, 2.05) is 24.3 Å². The molecule has 0 amide bonds. The molecule has 1 atom stereocenters. The van der Waals surface area contributed by atoms with E-state index in [4.69, 9.17) is 5.73 Å². The van der Waals surface area contributed by atoms with Crippen LogP contribution in [0.15, 0.2) is 48.5 Å². The third-order valence-electron chi connectivity index (χ3n) is 3.04. The van der Waals surface area contributed by atoms with E-state index in [0.29, 0.717) is 12.0 Å². The monoisotopic (exact) mass is 391 g/mol. The van der Waals surface area contributed by atoms with Gasteiger partial charge in [-0.25, -0.2) is 0 Å². The SMILES string of the molecule is NC(Cc1ccc(I)cc1)c1ccc(C(F)(F)F)cc1. The molecule has 0 aromatic heterocycles. The lowest BCUT2D eigenvalue weighted by Crippen LogP contribution is -2.14. The maximum absolute atomic E-state index is 12.5. The number of benzene rings is 2. The topological polar surface area (TPSA) is 26.0 Å². The Balaban J connectivity index is 2.09.